The molecule has 0 aliphatic carbocycles. The molecule has 0 saturated carbocycles. The van der Waals surface area contributed by atoms with Gasteiger partial charge in [0.05, 0.1) is 34.0 Å². The van der Waals surface area contributed by atoms with Crippen molar-refractivity contribution in [2.75, 3.05) is 0 Å². The topological polar surface area (TPSA) is 74.6 Å². The van der Waals surface area contributed by atoms with Crippen molar-refractivity contribution in [2.24, 2.45) is 0 Å². The van der Waals surface area contributed by atoms with Crippen molar-refractivity contribution < 1.29 is 4.42 Å². The lowest BCUT2D eigenvalue weighted by Gasteiger charge is -2.19. The predicted molar refractivity (Wildman–Crippen MR) is 234 cm³/mol. The van der Waals surface area contributed by atoms with E-state index in [1.165, 1.54) is 0 Å². The fraction of sp³-hybridized carbons (Fsp3) is 0.0196. The summed E-state index contributed by atoms with van der Waals surface area (Å²) in [4.78, 5) is 20.4. The van der Waals surface area contributed by atoms with Gasteiger partial charge in [0.2, 0.25) is 5.95 Å². The molecule has 0 unspecified atom stereocenters. The van der Waals surface area contributed by atoms with Crippen LogP contribution in [-0.2, 0) is 6.42 Å². The van der Waals surface area contributed by atoms with Crippen molar-refractivity contribution in [1.29, 1.82) is 0 Å². The number of pyridine rings is 1. The molecule has 0 N–H and O–H groups in total. The van der Waals surface area contributed by atoms with Crippen LogP contribution in [-0.4, -0.2) is 29.1 Å². The van der Waals surface area contributed by atoms with E-state index in [1.807, 2.05) is 42.7 Å². The Hall–Kier alpha value is -7.90. The van der Waals surface area contributed by atoms with Gasteiger partial charge in [-0.05, 0) is 53.6 Å². The van der Waals surface area contributed by atoms with Crippen molar-refractivity contribution in [2.45, 2.75) is 6.42 Å². The van der Waals surface area contributed by atoms with E-state index in [2.05, 4.69) is 154 Å². The molecule has 272 valence electrons. The third-order valence-corrected chi connectivity index (χ3v) is 11.3. The number of fused-ring (bicyclic) bond motifs is 9. The first-order chi connectivity index (χ1) is 28.8. The van der Waals surface area contributed by atoms with Crippen LogP contribution < -0.4 is 0 Å². The van der Waals surface area contributed by atoms with E-state index in [4.69, 9.17) is 19.4 Å². The minimum Gasteiger partial charge on any atom is -0.456 e. The van der Waals surface area contributed by atoms with Crippen molar-refractivity contribution in [3.8, 4) is 34.2 Å². The molecule has 0 spiro atoms. The van der Waals surface area contributed by atoms with Gasteiger partial charge in [0.1, 0.15) is 17.0 Å². The minimum atomic E-state index is 0.445. The maximum Gasteiger partial charge on any atom is 0.238 e. The Morgan fingerprint density at radius 2 is 1.09 bits per heavy atom. The summed E-state index contributed by atoms with van der Waals surface area (Å²) in [6, 6.07) is 59.1. The second-order valence-electron chi connectivity index (χ2n) is 14.7. The minimum absolute atomic E-state index is 0.445. The highest BCUT2D eigenvalue weighted by atomic mass is 16.3. The van der Waals surface area contributed by atoms with Gasteiger partial charge in [0.15, 0.2) is 5.82 Å². The van der Waals surface area contributed by atoms with Gasteiger partial charge in [-0.15, -0.1) is 0 Å². The van der Waals surface area contributed by atoms with E-state index < -0.39 is 0 Å². The summed E-state index contributed by atoms with van der Waals surface area (Å²) in [5.74, 6) is 1.87. The van der Waals surface area contributed by atoms with Gasteiger partial charge >= 0.3 is 0 Å². The first-order valence-corrected chi connectivity index (χ1v) is 19.4. The quantitative estimate of drug-likeness (QED) is 0.169. The fourth-order valence-electron chi connectivity index (χ4n) is 8.79. The van der Waals surface area contributed by atoms with Gasteiger partial charge in [0, 0.05) is 56.1 Å². The molecular formula is C51H32N6O. The molecule has 0 atom stereocenters. The van der Waals surface area contributed by atoms with E-state index in [1.54, 1.807) is 0 Å². The van der Waals surface area contributed by atoms with Gasteiger partial charge in [0.25, 0.3) is 0 Å². The molecule has 12 rings (SSSR count). The number of hydrogen-bond acceptors (Lipinski definition) is 5. The summed E-state index contributed by atoms with van der Waals surface area (Å²) >= 11 is 0. The van der Waals surface area contributed by atoms with Crippen LogP contribution in [0.4, 0.5) is 0 Å². The van der Waals surface area contributed by atoms with Gasteiger partial charge in [-0.25, -0.2) is 4.98 Å². The van der Waals surface area contributed by atoms with Crippen LogP contribution in [0.5, 0.6) is 0 Å². The van der Waals surface area contributed by atoms with E-state index in [0.29, 0.717) is 24.0 Å². The fourth-order valence-corrected chi connectivity index (χ4v) is 8.79. The van der Waals surface area contributed by atoms with Gasteiger partial charge in [-0.2, -0.15) is 9.97 Å². The van der Waals surface area contributed by atoms with Crippen molar-refractivity contribution in [3.63, 3.8) is 0 Å². The van der Waals surface area contributed by atoms with Gasteiger partial charge < -0.3 is 8.98 Å². The van der Waals surface area contributed by atoms with E-state index in [0.717, 1.165) is 93.5 Å². The number of furan rings is 1. The summed E-state index contributed by atoms with van der Waals surface area (Å²) in [7, 11) is 0. The van der Waals surface area contributed by atoms with Crippen LogP contribution >= 0.6 is 0 Å². The van der Waals surface area contributed by atoms with E-state index >= 15 is 0 Å². The Bertz CT molecular complexity index is 3450. The molecule has 0 aliphatic rings. The maximum absolute atomic E-state index is 6.27. The number of rotatable bonds is 6. The highest BCUT2D eigenvalue weighted by molar-refractivity contribution is 6.11. The molecule has 0 radical (unpaired) electrons. The number of para-hydroxylation sites is 5. The molecule has 0 bridgehead atoms. The SMILES string of the molecule is c1ccc(-c2nc(Cc3cccc(-c4ccc5oc6ccccc6c5c4)c3-n3c4ccccc4c4ccncc43)nc(-n3c4ccccc4c4ccccc43)n2)cc1. The van der Waals surface area contributed by atoms with Crippen LogP contribution in [0.15, 0.2) is 187 Å². The summed E-state index contributed by atoms with van der Waals surface area (Å²) in [6.45, 7) is 0. The molecular weight excluding hydrogens is 713 g/mol. The maximum atomic E-state index is 6.27. The van der Waals surface area contributed by atoms with Crippen LogP contribution in [0.2, 0.25) is 0 Å². The molecule has 0 amide bonds. The number of nitrogens with zero attached hydrogens (tertiary/aromatic N) is 6. The van der Waals surface area contributed by atoms with E-state index in [9.17, 15) is 0 Å². The third kappa shape index (κ3) is 5.00. The predicted octanol–water partition coefficient (Wildman–Crippen LogP) is 12.3. The molecule has 0 fully saturated rings. The highest BCUT2D eigenvalue weighted by Gasteiger charge is 2.22. The Kier molecular flexibility index (Phi) is 7.16. The van der Waals surface area contributed by atoms with Crippen LogP contribution in [0, 0.1) is 0 Å². The first-order valence-electron chi connectivity index (χ1n) is 19.4. The molecule has 5 heterocycles. The molecule has 7 heteroatoms. The van der Waals surface area contributed by atoms with Crippen LogP contribution in [0.1, 0.15) is 11.4 Å². The molecule has 0 aliphatic heterocycles. The second kappa shape index (κ2) is 12.8. The summed E-state index contributed by atoms with van der Waals surface area (Å²) in [6.07, 6.45) is 4.29. The monoisotopic (exact) mass is 744 g/mol. The Morgan fingerprint density at radius 3 is 1.84 bits per heavy atom. The largest absolute Gasteiger partial charge is 0.456 e. The summed E-state index contributed by atoms with van der Waals surface area (Å²) in [5.41, 5.74) is 11.2. The van der Waals surface area contributed by atoms with E-state index in [-0.39, 0.29) is 0 Å². The standard InChI is InChI=1S/C51H32N6O/c1-2-13-32(14-3-1)50-53-48(54-51(55-50)57-43-22-9-5-16-36(43)37-17-6-10-23-44(37)57)30-34-15-12-20-35(33-25-26-47-41(29-33)40-19-7-11-24-46(40)58-47)49(34)56-42-21-8-4-18-38(42)39-27-28-52-31-45(39)56/h1-29,31H,30H2. The zero-order valence-electron chi connectivity index (χ0n) is 31.1. The van der Waals surface area contributed by atoms with Crippen molar-refractivity contribution in [1.82, 2.24) is 29.1 Å². The van der Waals surface area contributed by atoms with Crippen LogP contribution in [0.25, 0.3) is 99.7 Å². The highest BCUT2D eigenvalue weighted by Crippen LogP contribution is 2.40. The smallest absolute Gasteiger partial charge is 0.238 e. The molecule has 7 nitrogen and oxygen atoms in total. The van der Waals surface area contributed by atoms with Crippen molar-refractivity contribution in [3.05, 3.63) is 194 Å². The summed E-state index contributed by atoms with van der Waals surface area (Å²) < 4.78 is 10.8. The lowest BCUT2D eigenvalue weighted by atomic mass is 9.96. The first kappa shape index (κ1) is 32.4. The Morgan fingerprint density at radius 1 is 0.448 bits per heavy atom. The lowest BCUT2D eigenvalue weighted by Crippen LogP contribution is -2.10. The summed E-state index contributed by atoms with van der Waals surface area (Å²) in [5, 5.41) is 6.78. The number of aromatic nitrogens is 6. The normalized spacial score (nSPS) is 11.9. The third-order valence-electron chi connectivity index (χ3n) is 11.3. The average Bonchev–Trinajstić information content (AvgIpc) is 3.94. The zero-order chi connectivity index (χ0) is 38.2. The zero-order valence-corrected chi connectivity index (χ0v) is 31.1. The van der Waals surface area contributed by atoms with Crippen LogP contribution in [0.3, 0.4) is 0 Å². The molecule has 12 aromatic rings. The lowest BCUT2D eigenvalue weighted by molar-refractivity contribution is 0.669. The molecule has 0 saturated heterocycles. The Balaban J connectivity index is 1.13. The van der Waals surface area contributed by atoms with Crippen molar-refractivity contribution >= 4 is 65.6 Å². The second-order valence-corrected chi connectivity index (χ2v) is 14.7. The number of hydrogen-bond donors (Lipinski definition) is 0. The Labute approximate surface area is 332 Å². The molecule has 58 heavy (non-hydrogen) atoms. The van der Waals surface area contributed by atoms with Gasteiger partial charge in [-0.3, -0.25) is 9.55 Å². The van der Waals surface area contributed by atoms with Gasteiger partial charge in [-0.1, -0.05) is 127 Å². The molecule has 5 aromatic heterocycles. The number of benzene rings is 7. The molecule has 7 aromatic carbocycles. The average molecular weight is 745 g/mol.